The fourth-order valence-electron chi connectivity index (χ4n) is 5.07. The summed E-state index contributed by atoms with van der Waals surface area (Å²) in [5.41, 5.74) is 0.223. The van der Waals surface area contributed by atoms with Gasteiger partial charge in [-0.25, -0.2) is 0 Å². The van der Waals surface area contributed by atoms with E-state index in [-0.39, 0.29) is 5.57 Å². The van der Waals surface area contributed by atoms with Crippen molar-refractivity contribution in [2.24, 2.45) is 5.92 Å². The molecule has 28 heavy (non-hydrogen) atoms. The quantitative estimate of drug-likeness (QED) is 0.680. The van der Waals surface area contributed by atoms with E-state index in [9.17, 15) is 10.5 Å². The van der Waals surface area contributed by atoms with Gasteiger partial charge in [0.1, 0.15) is 18.0 Å². The molecule has 3 aliphatic rings. The number of likely N-dealkylation sites (tertiary alicyclic amines) is 3. The fourth-order valence-corrected chi connectivity index (χ4v) is 5.07. The number of allylic oxidation sites excluding steroid dienone is 1. The van der Waals surface area contributed by atoms with Crippen LogP contribution in [0, 0.1) is 28.6 Å². The lowest BCUT2D eigenvalue weighted by molar-refractivity contribution is 0.154. The summed E-state index contributed by atoms with van der Waals surface area (Å²) in [7, 11) is 0. The second-order valence-corrected chi connectivity index (χ2v) is 8.82. The molecular formula is C22H36N6. The molecule has 3 heterocycles. The van der Waals surface area contributed by atoms with Crippen molar-refractivity contribution in [1.82, 2.24) is 20.0 Å². The zero-order chi connectivity index (χ0) is 19.9. The summed E-state index contributed by atoms with van der Waals surface area (Å²) >= 11 is 0. The van der Waals surface area contributed by atoms with Crippen LogP contribution >= 0.6 is 0 Å². The van der Waals surface area contributed by atoms with Gasteiger partial charge in [0, 0.05) is 44.8 Å². The van der Waals surface area contributed by atoms with E-state index in [2.05, 4.69) is 46.0 Å². The van der Waals surface area contributed by atoms with E-state index in [0.29, 0.717) is 6.04 Å². The molecule has 0 radical (unpaired) electrons. The molecule has 3 rings (SSSR count). The van der Waals surface area contributed by atoms with Gasteiger partial charge in [-0.1, -0.05) is 0 Å². The number of piperidine rings is 1. The lowest BCUT2D eigenvalue weighted by Gasteiger charge is -2.37. The highest BCUT2D eigenvalue weighted by Crippen LogP contribution is 2.25. The molecule has 0 bridgehead atoms. The molecule has 6 heteroatoms. The molecule has 0 aromatic heterocycles. The van der Waals surface area contributed by atoms with Gasteiger partial charge in [-0.3, -0.25) is 4.90 Å². The van der Waals surface area contributed by atoms with Crippen LogP contribution in [0.2, 0.25) is 0 Å². The van der Waals surface area contributed by atoms with Gasteiger partial charge in [0.25, 0.3) is 0 Å². The van der Waals surface area contributed by atoms with Crippen LogP contribution < -0.4 is 5.32 Å². The lowest BCUT2D eigenvalue weighted by Crippen LogP contribution is -2.43. The number of hydrogen-bond acceptors (Lipinski definition) is 6. The van der Waals surface area contributed by atoms with Gasteiger partial charge in [0.05, 0.1) is 0 Å². The summed E-state index contributed by atoms with van der Waals surface area (Å²) in [6.07, 6.45) is 7.49. The van der Waals surface area contributed by atoms with Crippen LogP contribution in [0.25, 0.3) is 0 Å². The first-order chi connectivity index (χ1) is 13.6. The highest BCUT2D eigenvalue weighted by atomic mass is 15.3. The van der Waals surface area contributed by atoms with Crippen molar-refractivity contribution in [1.29, 1.82) is 10.5 Å². The Labute approximate surface area is 170 Å². The molecule has 6 nitrogen and oxygen atoms in total. The Morgan fingerprint density at radius 1 is 0.893 bits per heavy atom. The summed E-state index contributed by atoms with van der Waals surface area (Å²) < 4.78 is 0. The molecule has 1 unspecified atom stereocenters. The van der Waals surface area contributed by atoms with Crippen molar-refractivity contribution in [2.75, 3.05) is 45.8 Å². The number of hydrogen-bond donors (Lipinski definition) is 1. The smallest absolute Gasteiger partial charge is 0.169 e. The average molecular weight is 385 g/mol. The molecule has 3 saturated heterocycles. The van der Waals surface area contributed by atoms with Gasteiger partial charge < -0.3 is 15.1 Å². The first kappa shape index (κ1) is 21.0. The van der Waals surface area contributed by atoms with E-state index in [0.717, 1.165) is 63.3 Å². The van der Waals surface area contributed by atoms with Crippen LogP contribution in [0.3, 0.4) is 0 Å². The third kappa shape index (κ3) is 5.19. The normalized spacial score (nSPS) is 26.8. The molecule has 3 fully saturated rings. The Balaban J connectivity index is 1.52. The maximum absolute atomic E-state index is 9.44. The summed E-state index contributed by atoms with van der Waals surface area (Å²) in [5.74, 6) is 1.49. The van der Waals surface area contributed by atoms with E-state index in [4.69, 9.17) is 0 Å². The zero-order valence-electron chi connectivity index (χ0n) is 17.7. The zero-order valence-corrected chi connectivity index (χ0v) is 17.7. The van der Waals surface area contributed by atoms with Crippen molar-refractivity contribution in [3.8, 4) is 12.1 Å². The Bertz CT molecular complexity index is 606. The first-order valence-electron chi connectivity index (χ1n) is 11.1. The molecule has 0 spiro atoms. The van der Waals surface area contributed by atoms with Crippen molar-refractivity contribution < 1.29 is 0 Å². The van der Waals surface area contributed by atoms with Crippen molar-refractivity contribution >= 4 is 0 Å². The maximum Gasteiger partial charge on any atom is 0.169 e. The summed E-state index contributed by atoms with van der Waals surface area (Å²) in [5, 5.41) is 22.3. The highest BCUT2D eigenvalue weighted by molar-refractivity contribution is 5.39. The predicted octanol–water partition coefficient (Wildman–Crippen LogP) is 2.52. The minimum Gasteiger partial charge on any atom is -0.369 e. The Kier molecular flexibility index (Phi) is 7.59. The van der Waals surface area contributed by atoms with Gasteiger partial charge in [0.2, 0.25) is 0 Å². The molecule has 0 aromatic carbocycles. The number of nitrogens with zero attached hydrogens (tertiary/aromatic N) is 5. The third-order valence-corrected chi connectivity index (χ3v) is 6.96. The van der Waals surface area contributed by atoms with Crippen LogP contribution in [0.4, 0.5) is 0 Å². The van der Waals surface area contributed by atoms with Gasteiger partial charge in [-0.2, -0.15) is 10.5 Å². The standard InChI is InChI=1S/C22H36N6/c1-18-5-3-10-26(18)14-9-25-22(21(15-23)16-24)27-12-7-20(8-13-27)17-28-11-4-6-19(28)2/h18-20,25H,3-14,17H2,1-2H3/t18-,19?/m1/s1. The molecule has 0 aliphatic carbocycles. The molecule has 1 N–H and O–H groups in total. The minimum absolute atomic E-state index is 0.223. The topological polar surface area (TPSA) is 69.3 Å². The van der Waals surface area contributed by atoms with E-state index in [1.165, 1.54) is 38.8 Å². The van der Waals surface area contributed by atoms with Gasteiger partial charge in [0.15, 0.2) is 5.57 Å². The van der Waals surface area contributed by atoms with Crippen LogP contribution in [-0.2, 0) is 0 Å². The largest absolute Gasteiger partial charge is 0.369 e. The fraction of sp³-hybridized carbons (Fsp3) is 0.818. The summed E-state index contributed by atoms with van der Waals surface area (Å²) in [6, 6.07) is 5.58. The molecular weight excluding hydrogens is 348 g/mol. The highest BCUT2D eigenvalue weighted by Gasteiger charge is 2.28. The second-order valence-electron chi connectivity index (χ2n) is 8.82. The van der Waals surface area contributed by atoms with Gasteiger partial charge >= 0.3 is 0 Å². The van der Waals surface area contributed by atoms with Crippen LogP contribution in [0.1, 0.15) is 52.4 Å². The van der Waals surface area contributed by atoms with E-state index in [1.807, 2.05) is 0 Å². The Morgan fingerprint density at radius 3 is 2.04 bits per heavy atom. The molecule has 0 amide bonds. The lowest BCUT2D eigenvalue weighted by atomic mass is 9.95. The van der Waals surface area contributed by atoms with Gasteiger partial charge in [-0.05, 0) is 71.4 Å². The Morgan fingerprint density at radius 2 is 1.50 bits per heavy atom. The molecule has 0 saturated carbocycles. The molecule has 3 aliphatic heterocycles. The average Bonchev–Trinajstić information content (AvgIpc) is 3.30. The maximum atomic E-state index is 9.44. The number of nitriles is 2. The van der Waals surface area contributed by atoms with Crippen molar-refractivity contribution in [2.45, 2.75) is 64.5 Å². The van der Waals surface area contributed by atoms with E-state index < -0.39 is 0 Å². The predicted molar refractivity (Wildman–Crippen MR) is 111 cm³/mol. The summed E-state index contributed by atoms with van der Waals surface area (Å²) in [6.45, 7) is 11.9. The van der Waals surface area contributed by atoms with E-state index in [1.54, 1.807) is 0 Å². The van der Waals surface area contributed by atoms with Crippen molar-refractivity contribution in [3.05, 3.63) is 11.4 Å². The SMILES string of the molecule is CC1CCCN1CC1CCN(C(NCCN2CCC[C@H]2C)=C(C#N)C#N)CC1. The van der Waals surface area contributed by atoms with E-state index >= 15 is 0 Å². The van der Waals surface area contributed by atoms with Crippen LogP contribution in [0.5, 0.6) is 0 Å². The molecule has 154 valence electrons. The Hall–Kier alpha value is -1.76. The summed E-state index contributed by atoms with van der Waals surface area (Å²) in [4.78, 5) is 7.37. The molecule has 0 aromatic rings. The number of nitrogens with one attached hydrogen (secondary N) is 1. The molecule has 2 atom stereocenters. The second kappa shape index (κ2) is 10.1. The van der Waals surface area contributed by atoms with Gasteiger partial charge in [-0.15, -0.1) is 0 Å². The van der Waals surface area contributed by atoms with Crippen LogP contribution in [0.15, 0.2) is 11.4 Å². The van der Waals surface area contributed by atoms with Crippen molar-refractivity contribution in [3.63, 3.8) is 0 Å². The first-order valence-corrected chi connectivity index (χ1v) is 11.1. The monoisotopic (exact) mass is 384 g/mol. The third-order valence-electron chi connectivity index (χ3n) is 6.96. The number of rotatable bonds is 7. The van der Waals surface area contributed by atoms with Crippen LogP contribution in [-0.4, -0.2) is 72.6 Å². The minimum atomic E-state index is 0.223.